The zero-order valence-corrected chi connectivity index (χ0v) is 14.1. The molecule has 1 fully saturated rings. The molecule has 1 aromatic heterocycles. The van der Waals surface area contributed by atoms with Crippen molar-refractivity contribution in [2.45, 2.75) is 18.6 Å². The highest BCUT2D eigenvalue weighted by Gasteiger charge is 2.51. The Hall–Kier alpha value is -2.45. The first-order chi connectivity index (χ1) is 11.8. The minimum atomic E-state index is -2.19. The van der Waals surface area contributed by atoms with Gasteiger partial charge in [-0.15, -0.1) is 0 Å². The van der Waals surface area contributed by atoms with Crippen LogP contribution >= 0.6 is 11.6 Å². The number of aliphatic hydroxyl groups is 1. The molecule has 0 bridgehead atoms. The maximum atomic E-state index is 13.9. The molecule has 1 atom stereocenters. The molecule has 9 heteroatoms. The zero-order valence-electron chi connectivity index (χ0n) is 13.4. The van der Waals surface area contributed by atoms with E-state index >= 15 is 0 Å². The van der Waals surface area contributed by atoms with E-state index in [1.807, 2.05) is 0 Å². The van der Waals surface area contributed by atoms with E-state index in [4.69, 9.17) is 11.6 Å². The van der Waals surface area contributed by atoms with Crippen LogP contribution in [0.4, 0.5) is 10.1 Å². The van der Waals surface area contributed by atoms with Crippen LogP contribution in [0.2, 0.25) is 5.02 Å². The van der Waals surface area contributed by atoms with E-state index in [1.54, 1.807) is 19.3 Å². The first kappa shape index (κ1) is 17.4. The van der Waals surface area contributed by atoms with Crippen molar-refractivity contribution in [2.75, 3.05) is 11.4 Å². The van der Waals surface area contributed by atoms with Gasteiger partial charge in [-0.05, 0) is 6.07 Å². The molecule has 0 aliphatic carbocycles. The molecule has 25 heavy (non-hydrogen) atoms. The first-order valence-corrected chi connectivity index (χ1v) is 7.95. The van der Waals surface area contributed by atoms with Gasteiger partial charge in [0.2, 0.25) is 5.60 Å². The van der Waals surface area contributed by atoms with Crippen LogP contribution in [0.1, 0.15) is 12.0 Å². The number of aromatic nitrogens is 2. The third kappa shape index (κ3) is 3.10. The van der Waals surface area contributed by atoms with Gasteiger partial charge in [-0.1, -0.05) is 23.7 Å². The second-order valence-electron chi connectivity index (χ2n) is 5.83. The Morgan fingerprint density at radius 2 is 2.28 bits per heavy atom. The van der Waals surface area contributed by atoms with Crippen LogP contribution in [0.15, 0.2) is 30.6 Å². The number of anilines is 1. The highest BCUT2D eigenvalue weighted by Crippen LogP contribution is 2.28. The molecule has 0 spiro atoms. The lowest BCUT2D eigenvalue weighted by Crippen LogP contribution is -2.52. The van der Waals surface area contributed by atoms with Gasteiger partial charge in [0, 0.05) is 38.3 Å². The van der Waals surface area contributed by atoms with Gasteiger partial charge in [0.1, 0.15) is 5.82 Å². The number of halogens is 2. The molecule has 0 saturated carbocycles. The van der Waals surface area contributed by atoms with Crippen LogP contribution < -0.4 is 10.2 Å². The molecule has 1 saturated heterocycles. The molecule has 1 unspecified atom stereocenters. The monoisotopic (exact) mass is 366 g/mol. The SMILES string of the molecule is Cn1cc(N2CCC(O)(C(=O)NCc3cccc(Cl)c3F)C2=O)cn1. The number of benzene rings is 1. The minimum absolute atomic E-state index is 0.0647. The Labute approximate surface area is 148 Å². The van der Waals surface area contributed by atoms with Gasteiger partial charge in [-0.25, -0.2) is 4.39 Å². The van der Waals surface area contributed by atoms with E-state index in [1.165, 1.54) is 27.9 Å². The van der Waals surface area contributed by atoms with Crippen LogP contribution in [0.3, 0.4) is 0 Å². The number of amides is 2. The second kappa shape index (κ2) is 6.45. The van der Waals surface area contributed by atoms with E-state index in [0.29, 0.717) is 5.69 Å². The maximum absolute atomic E-state index is 13.9. The largest absolute Gasteiger partial charge is 0.372 e. The second-order valence-corrected chi connectivity index (χ2v) is 6.24. The predicted molar refractivity (Wildman–Crippen MR) is 88.4 cm³/mol. The molecule has 132 valence electrons. The van der Waals surface area contributed by atoms with Gasteiger partial charge < -0.3 is 15.3 Å². The maximum Gasteiger partial charge on any atom is 0.268 e. The minimum Gasteiger partial charge on any atom is -0.372 e. The number of carbonyl (C=O) groups excluding carboxylic acids is 2. The average molecular weight is 367 g/mol. The molecule has 2 heterocycles. The van der Waals surface area contributed by atoms with Crippen molar-refractivity contribution in [1.29, 1.82) is 0 Å². The van der Waals surface area contributed by atoms with Gasteiger partial charge in [-0.3, -0.25) is 14.3 Å². The Balaban J connectivity index is 1.71. The molecule has 0 radical (unpaired) electrons. The summed E-state index contributed by atoms with van der Waals surface area (Å²) in [5.74, 6) is -2.25. The van der Waals surface area contributed by atoms with Gasteiger partial charge >= 0.3 is 0 Å². The number of rotatable bonds is 4. The summed E-state index contributed by atoms with van der Waals surface area (Å²) in [4.78, 5) is 26.1. The number of carbonyl (C=O) groups is 2. The fourth-order valence-corrected chi connectivity index (χ4v) is 2.91. The van der Waals surface area contributed by atoms with Crippen LogP contribution in [0.25, 0.3) is 0 Å². The normalized spacial score (nSPS) is 20.2. The van der Waals surface area contributed by atoms with E-state index in [9.17, 15) is 19.1 Å². The standard InChI is InChI=1S/C16H16ClFN4O3/c1-21-9-11(8-20-21)22-6-5-16(25,15(22)24)14(23)19-7-10-3-2-4-12(17)13(10)18/h2-4,8-9,25H,5-7H2,1H3,(H,19,23). The summed E-state index contributed by atoms with van der Waals surface area (Å²) in [6.07, 6.45) is 3.02. The summed E-state index contributed by atoms with van der Waals surface area (Å²) in [5, 5.41) is 16.8. The summed E-state index contributed by atoms with van der Waals surface area (Å²) in [6.45, 7) is -0.00627. The molecule has 2 N–H and O–H groups in total. The zero-order chi connectivity index (χ0) is 18.2. The Morgan fingerprint density at radius 1 is 1.52 bits per heavy atom. The first-order valence-electron chi connectivity index (χ1n) is 7.57. The average Bonchev–Trinajstić information content (AvgIpc) is 3.13. The Bertz CT molecular complexity index is 841. The van der Waals surface area contributed by atoms with E-state index in [0.717, 1.165) is 0 Å². The topological polar surface area (TPSA) is 87.5 Å². The molecule has 1 aliphatic heterocycles. The molecular weight excluding hydrogens is 351 g/mol. The molecule has 2 aromatic rings. The van der Waals surface area contributed by atoms with Gasteiger partial charge in [0.05, 0.1) is 16.9 Å². The number of hydrogen-bond donors (Lipinski definition) is 2. The summed E-state index contributed by atoms with van der Waals surface area (Å²) in [7, 11) is 1.70. The van der Waals surface area contributed by atoms with Crippen molar-refractivity contribution in [3.63, 3.8) is 0 Å². The predicted octanol–water partition coefficient (Wildman–Crippen LogP) is 0.997. The van der Waals surface area contributed by atoms with Gasteiger partial charge in [-0.2, -0.15) is 5.10 Å². The summed E-state index contributed by atoms with van der Waals surface area (Å²) in [6, 6.07) is 4.40. The lowest BCUT2D eigenvalue weighted by atomic mass is 10.0. The summed E-state index contributed by atoms with van der Waals surface area (Å²) < 4.78 is 15.4. The van der Waals surface area contributed by atoms with E-state index in [-0.39, 0.29) is 30.1 Å². The molecule has 3 rings (SSSR count). The number of hydrogen-bond acceptors (Lipinski definition) is 4. The van der Waals surface area contributed by atoms with Crippen molar-refractivity contribution >= 4 is 29.1 Å². The molecule has 1 aromatic carbocycles. The van der Waals surface area contributed by atoms with E-state index in [2.05, 4.69) is 10.4 Å². The molecule has 1 aliphatic rings. The van der Waals surface area contributed by atoms with Crippen molar-refractivity contribution < 1.29 is 19.1 Å². The van der Waals surface area contributed by atoms with Gasteiger partial charge in [0.15, 0.2) is 0 Å². The fraction of sp³-hybridized carbons (Fsp3) is 0.312. The van der Waals surface area contributed by atoms with Crippen molar-refractivity contribution in [2.24, 2.45) is 7.05 Å². The van der Waals surface area contributed by atoms with Crippen LogP contribution in [-0.2, 0) is 23.2 Å². The van der Waals surface area contributed by atoms with Crippen molar-refractivity contribution in [3.05, 3.63) is 47.0 Å². The summed E-state index contributed by atoms with van der Waals surface area (Å²) >= 11 is 5.69. The Kier molecular flexibility index (Phi) is 4.49. The third-order valence-electron chi connectivity index (χ3n) is 4.15. The number of nitrogens with one attached hydrogen (secondary N) is 1. The van der Waals surface area contributed by atoms with Crippen molar-refractivity contribution in [3.8, 4) is 0 Å². The fourth-order valence-electron chi connectivity index (χ4n) is 2.72. The number of aryl methyl sites for hydroxylation is 1. The number of nitrogens with zero attached hydrogens (tertiary/aromatic N) is 3. The molecule has 7 nitrogen and oxygen atoms in total. The van der Waals surface area contributed by atoms with Crippen LogP contribution in [-0.4, -0.2) is 38.8 Å². The highest BCUT2D eigenvalue weighted by atomic mass is 35.5. The quantitative estimate of drug-likeness (QED) is 0.790. The summed E-state index contributed by atoms with van der Waals surface area (Å²) in [5.41, 5.74) is -1.53. The highest BCUT2D eigenvalue weighted by molar-refractivity contribution is 6.30. The Morgan fingerprint density at radius 3 is 2.96 bits per heavy atom. The lowest BCUT2D eigenvalue weighted by Gasteiger charge is -2.21. The van der Waals surface area contributed by atoms with Gasteiger partial charge in [0.25, 0.3) is 11.8 Å². The smallest absolute Gasteiger partial charge is 0.268 e. The molecule has 2 amide bonds. The van der Waals surface area contributed by atoms with Crippen molar-refractivity contribution in [1.82, 2.24) is 15.1 Å². The van der Waals surface area contributed by atoms with E-state index < -0.39 is 23.2 Å². The molecular formula is C16H16ClFN4O3. The van der Waals surface area contributed by atoms with Crippen LogP contribution in [0.5, 0.6) is 0 Å². The van der Waals surface area contributed by atoms with Crippen LogP contribution in [0, 0.1) is 5.82 Å². The third-order valence-corrected chi connectivity index (χ3v) is 4.44. The lowest BCUT2D eigenvalue weighted by molar-refractivity contribution is -0.149.